The predicted molar refractivity (Wildman–Crippen MR) is 68.3 cm³/mol. The van der Waals surface area contributed by atoms with Crippen LogP contribution in [-0.4, -0.2) is 9.97 Å². The first kappa shape index (κ1) is 11.8. The van der Waals surface area contributed by atoms with Crippen molar-refractivity contribution in [3.8, 4) is 11.4 Å². The largest absolute Gasteiger partial charge is 0.342 e. The van der Waals surface area contributed by atoms with Crippen LogP contribution in [0.5, 0.6) is 0 Å². The summed E-state index contributed by atoms with van der Waals surface area (Å²) < 4.78 is 0. The molecule has 1 N–H and O–H groups in total. The fourth-order valence-corrected chi connectivity index (χ4v) is 1.97. The average Bonchev–Trinajstić information content (AvgIpc) is 2.64. The zero-order valence-corrected chi connectivity index (χ0v) is 10.8. The molecular weight excluding hydrogens is 266 g/mol. The Kier molecular flexibility index (Phi) is 3.43. The summed E-state index contributed by atoms with van der Waals surface area (Å²) in [6, 6.07) is 5.39. The number of benzene rings is 1. The van der Waals surface area contributed by atoms with E-state index < -0.39 is 0 Å². The Morgan fingerprint density at radius 2 is 2.00 bits per heavy atom. The lowest BCUT2D eigenvalue weighted by atomic mass is 10.2. The van der Waals surface area contributed by atoms with Crippen molar-refractivity contribution in [3.63, 3.8) is 0 Å². The van der Waals surface area contributed by atoms with Gasteiger partial charge in [-0.15, -0.1) is 11.6 Å². The van der Waals surface area contributed by atoms with E-state index in [4.69, 9.17) is 34.8 Å². The standard InChI is InChI=1S/C11H9Cl3N2/c1-6-10(5-12)16-11(15-6)7-2-3-8(13)9(14)4-7/h2-4H,5H2,1H3,(H,15,16). The molecule has 0 amide bonds. The van der Waals surface area contributed by atoms with Gasteiger partial charge in [0, 0.05) is 11.3 Å². The minimum absolute atomic E-state index is 0.393. The topological polar surface area (TPSA) is 28.7 Å². The van der Waals surface area contributed by atoms with Crippen LogP contribution in [0, 0.1) is 6.92 Å². The van der Waals surface area contributed by atoms with Gasteiger partial charge in [-0.05, 0) is 25.1 Å². The molecule has 5 heteroatoms. The number of aromatic amines is 1. The van der Waals surface area contributed by atoms with Crippen LogP contribution in [-0.2, 0) is 5.88 Å². The Morgan fingerprint density at radius 1 is 1.25 bits per heavy atom. The van der Waals surface area contributed by atoms with Crippen molar-refractivity contribution in [1.82, 2.24) is 9.97 Å². The molecule has 0 radical (unpaired) electrons. The highest BCUT2D eigenvalue weighted by atomic mass is 35.5. The summed E-state index contributed by atoms with van der Waals surface area (Å²) >= 11 is 17.6. The lowest BCUT2D eigenvalue weighted by Gasteiger charge is -1.99. The second kappa shape index (κ2) is 4.66. The third-order valence-corrected chi connectivity index (χ3v) is 3.30. The van der Waals surface area contributed by atoms with Crippen LogP contribution >= 0.6 is 34.8 Å². The van der Waals surface area contributed by atoms with Gasteiger partial charge in [0.25, 0.3) is 0 Å². The first-order valence-corrected chi connectivity index (χ1v) is 5.97. The molecule has 0 atom stereocenters. The minimum Gasteiger partial charge on any atom is -0.342 e. The van der Waals surface area contributed by atoms with E-state index in [0.29, 0.717) is 15.9 Å². The Hall–Kier alpha value is -0.700. The maximum atomic E-state index is 5.94. The van der Waals surface area contributed by atoms with Gasteiger partial charge in [0.15, 0.2) is 0 Å². The highest BCUT2D eigenvalue weighted by Gasteiger charge is 2.08. The predicted octanol–water partition coefficient (Wildman–Crippen LogP) is 4.43. The van der Waals surface area contributed by atoms with Crippen LogP contribution in [0.25, 0.3) is 11.4 Å². The molecule has 0 fully saturated rings. The number of halogens is 3. The van der Waals surface area contributed by atoms with Gasteiger partial charge in [-0.25, -0.2) is 4.98 Å². The molecule has 2 aromatic rings. The zero-order chi connectivity index (χ0) is 11.7. The maximum Gasteiger partial charge on any atom is 0.137 e. The van der Waals surface area contributed by atoms with Gasteiger partial charge in [0.2, 0.25) is 0 Å². The molecule has 0 spiro atoms. The van der Waals surface area contributed by atoms with Crippen LogP contribution in [0.3, 0.4) is 0 Å². The SMILES string of the molecule is Cc1[nH]c(-c2ccc(Cl)c(Cl)c2)nc1CCl. The number of imidazole rings is 1. The fraction of sp³-hybridized carbons (Fsp3) is 0.182. The Balaban J connectivity index is 2.46. The number of H-pyrrole nitrogens is 1. The molecule has 0 saturated carbocycles. The number of rotatable bonds is 2. The second-order valence-electron chi connectivity index (χ2n) is 3.42. The van der Waals surface area contributed by atoms with Crippen LogP contribution in [0.1, 0.15) is 11.4 Å². The van der Waals surface area contributed by atoms with Gasteiger partial charge in [-0.2, -0.15) is 0 Å². The molecule has 0 aliphatic carbocycles. The minimum atomic E-state index is 0.393. The zero-order valence-electron chi connectivity index (χ0n) is 8.52. The normalized spacial score (nSPS) is 10.8. The van der Waals surface area contributed by atoms with Crippen LogP contribution in [0.15, 0.2) is 18.2 Å². The number of hydrogen-bond acceptors (Lipinski definition) is 1. The summed E-state index contributed by atoms with van der Waals surface area (Å²) in [7, 11) is 0. The third-order valence-electron chi connectivity index (χ3n) is 2.31. The first-order valence-electron chi connectivity index (χ1n) is 4.68. The molecule has 2 rings (SSSR count). The highest BCUT2D eigenvalue weighted by Crippen LogP contribution is 2.27. The maximum absolute atomic E-state index is 5.94. The fourth-order valence-electron chi connectivity index (χ4n) is 1.41. The number of hydrogen-bond donors (Lipinski definition) is 1. The summed E-state index contributed by atoms with van der Waals surface area (Å²) in [6.07, 6.45) is 0. The van der Waals surface area contributed by atoms with E-state index >= 15 is 0 Å². The molecule has 0 saturated heterocycles. The average molecular weight is 276 g/mol. The van der Waals surface area contributed by atoms with E-state index in [0.717, 1.165) is 22.8 Å². The number of alkyl halides is 1. The lowest BCUT2D eigenvalue weighted by molar-refractivity contribution is 1.18. The number of nitrogens with one attached hydrogen (secondary N) is 1. The Bertz CT molecular complexity index is 520. The van der Waals surface area contributed by atoms with E-state index in [9.17, 15) is 0 Å². The molecule has 0 aliphatic rings. The molecule has 0 aliphatic heterocycles. The number of aromatic nitrogens is 2. The molecule has 2 nitrogen and oxygen atoms in total. The molecule has 16 heavy (non-hydrogen) atoms. The van der Waals surface area contributed by atoms with E-state index in [1.807, 2.05) is 13.0 Å². The van der Waals surface area contributed by atoms with Crippen molar-refractivity contribution in [2.75, 3.05) is 0 Å². The molecular formula is C11H9Cl3N2. The summed E-state index contributed by atoms with van der Waals surface area (Å²) in [5.74, 6) is 1.15. The van der Waals surface area contributed by atoms with Gasteiger partial charge in [0.05, 0.1) is 21.6 Å². The van der Waals surface area contributed by atoms with Gasteiger partial charge in [0.1, 0.15) is 5.82 Å². The van der Waals surface area contributed by atoms with Crippen molar-refractivity contribution < 1.29 is 0 Å². The van der Waals surface area contributed by atoms with E-state index in [1.165, 1.54) is 0 Å². The van der Waals surface area contributed by atoms with Crippen LogP contribution in [0.4, 0.5) is 0 Å². The van der Waals surface area contributed by atoms with Gasteiger partial charge >= 0.3 is 0 Å². The Morgan fingerprint density at radius 3 is 2.56 bits per heavy atom. The van der Waals surface area contributed by atoms with E-state index in [1.54, 1.807) is 12.1 Å². The molecule has 1 heterocycles. The quantitative estimate of drug-likeness (QED) is 0.807. The van der Waals surface area contributed by atoms with Gasteiger partial charge < -0.3 is 4.98 Å². The summed E-state index contributed by atoms with van der Waals surface area (Å²) in [4.78, 5) is 7.54. The van der Waals surface area contributed by atoms with Crippen molar-refractivity contribution in [2.24, 2.45) is 0 Å². The van der Waals surface area contributed by atoms with Crippen molar-refractivity contribution in [2.45, 2.75) is 12.8 Å². The van der Waals surface area contributed by atoms with Crippen LogP contribution < -0.4 is 0 Å². The summed E-state index contributed by atoms with van der Waals surface area (Å²) in [5, 5.41) is 1.05. The number of nitrogens with zero attached hydrogens (tertiary/aromatic N) is 1. The first-order chi connectivity index (χ1) is 7.61. The molecule has 84 valence electrons. The molecule has 0 bridgehead atoms. The van der Waals surface area contributed by atoms with Crippen molar-refractivity contribution in [1.29, 1.82) is 0 Å². The van der Waals surface area contributed by atoms with Crippen molar-refractivity contribution >= 4 is 34.8 Å². The molecule has 1 aromatic heterocycles. The van der Waals surface area contributed by atoms with Gasteiger partial charge in [-0.1, -0.05) is 23.2 Å². The van der Waals surface area contributed by atoms with Gasteiger partial charge in [-0.3, -0.25) is 0 Å². The molecule has 1 aromatic carbocycles. The van der Waals surface area contributed by atoms with Crippen LogP contribution in [0.2, 0.25) is 10.0 Å². The second-order valence-corrected chi connectivity index (χ2v) is 4.50. The smallest absolute Gasteiger partial charge is 0.137 e. The van der Waals surface area contributed by atoms with Crippen molar-refractivity contribution in [3.05, 3.63) is 39.6 Å². The van der Waals surface area contributed by atoms with E-state index in [2.05, 4.69) is 9.97 Å². The lowest BCUT2D eigenvalue weighted by Crippen LogP contribution is -1.82. The van der Waals surface area contributed by atoms with E-state index in [-0.39, 0.29) is 0 Å². The molecule has 0 unspecified atom stereocenters. The third kappa shape index (κ3) is 2.19. The monoisotopic (exact) mass is 274 g/mol. The number of aryl methyl sites for hydroxylation is 1. The highest BCUT2D eigenvalue weighted by molar-refractivity contribution is 6.42. The summed E-state index contributed by atoms with van der Waals surface area (Å²) in [5.41, 5.74) is 2.72. The Labute approximate surface area is 109 Å². The summed E-state index contributed by atoms with van der Waals surface area (Å²) in [6.45, 7) is 1.94.